The summed E-state index contributed by atoms with van der Waals surface area (Å²) in [7, 11) is 0. The van der Waals surface area contributed by atoms with Gasteiger partial charge in [-0.25, -0.2) is 15.0 Å². The molecular weight excluding hydrogens is 338 g/mol. The highest BCUT2D eigenvalue weighted by atomic mass is 16.6. The third kappa shape index (κ3) is 3.16. The Balaban J connectivity index is 1.55. The summed E-state index contributed by atoms with van der Waals surface area (Å²) in [6.45, 7) is 0.483. The summed E-state index contributed by atoms with van der Waals surface area (Å²) in [6, 6.07) is 0. The van der Waals surface area contributed by atoms with E-state index in [9.17, 15) is 15.3 Å². The van der Waals surface area contributed by atoms with Gasteiger partial charge >= 0.3 is 0 Å². The molecule has 1 aliphatic carbocycles. The lowest BCUT2D eigenvalue weighted by Gasteiger charge is -2.22. The Morgan fingerprint density at radius 3 is 2.65 bits per heavy atom. The topological polar surface area (TPSA) is 126 Å². The van der Waals surface area contributed by atoms with E-state index >= 15 is 0 Å². The second-order valence-corrected chi connectivity index (χ2v) is 7.16. The average molecular weight is 363 g/mol. The molecule has 2 aromatic heterocycles. The quantitative estimate of drug-likeness (QED) is 0.603. The van der Waals surface area contributed by atoms with Crippen molar-refractivity contribution in [2.24, 2.45) is 5.92 Å². The molecule has 9 heteroatoms. The number of nitrogens with one attached hydrogen (secondary N) is 1. The Labute approximate surface area is 151 Å². The second-order valence-electron chi connectivity index (χ2n) is 7.16. The van der Waals surface area contributed by atoms with Crippen molar-refractivity contribution in [1.82, 2.24) is 19.5 Å². The lowest BCUT2D eigenvalue weighted by Crippen LogP contribution is -2.33. The zero-order valence-corrected chi connectivity index (χ0v) is 14.5. The number of aliphatic hydroxyl groups excluding tert-OH is 3. The first-order chi connectivity index (χ1) is 12.7. The predicted octanol–water partition coefficient (Wildman–Crippen LogP) is 0.430. The summed E-state index contributed by atoms with van der Waals surface area (Å²) >= 11 is 0. The van der Waals surface area contributed by atoms with Crippen molar-refractivity contribution in [3.63, 3.8) is 0 Å². The molecule has 3 heterocycles. The third-order valence-corrected chi connectivity index (χ3v) is 5.43. The number of anilines is 1. The van der Waals surface area contributed by atoms with Crippen molar-refractivity contribution in [2.75, 3.05) is 18.5 Å². The van der Waals surface area contributed by atoms with Gasteiger partial charge in [-0.3, -0.25) is 4.57 Å². The molecule has 2 aliphatic rings. The smallest absolute Gasteiger partial charge is 0.167 e. The van der Waals surface area contributed by atoms with Crippen molar-refractivity contribution in [3.8, 4) is 0 Å². The van der Waals surface area contributed by atoms with Crippen LogP contribution < -0.4 is 5.32 Å². The predicted molar refractivity (Wildman–Crippen MR) is 93.4 cm³/mol. The van der Waals surface area contributed by atoms with Gasteiger partial charge in [0.25, 0.3) is 0 Å². The van der Waals surface area contributed by atoms with Gasteiger partial charge in [0.15, 0.2) is 23.2 Å². The van der Waals surface area contributed by atoms with Crippen LogP contribution in [-0.4, -0.2) is 66.3 Å². The Morgan fingerprint density at radius 2 is 1.92 bits per heavy atom. The van der Waals surface area contributed by atoms with Gasteiger partial charge in [0.2, 0.25) is 0 Å². The summed E-state index contributed by atoms with van der Waals surface area (Å²) in [4.78, 5) is 12.9. The van der Waals surface area contributed by atoms with Crippen LogP contribution in [0.4, 0.5) is 5.82 Å². The number of rotatable bonds is 5. The minimum absolute atomic E-state index is 0.371. The Hall–Kier alpha value is -1.81. The van der Waals surface area contributed by atoms with E-state index in [0.717, 1.165) is 6.54 Å². The maximum absolute atomic E-state index is 10.2. The Kier molecular flexibility index (Phi) is 5.03. The number of nitrogens with zero attached hydrogens (tertiary/aromatic N) is 4. The van der Waals surface area contributed by atoms with Gasteiger partial charge in [-0.15, -0.1) is 0 Å². The summed E-state index contributed by atoms with van der Waals surface area (Å²) < 4.78 is 7.15. The molecule has 2 fully saturated rings. The van der Waals surface area contributed by atoms with Gasteiger partial charge in [-0.05, 0) is 18.8 Å². The van der Waals surface area contributed by atoms with E-state index in [-0.39, 0.29) is 6.61 Å². The first-order valence-electron chi connectivity index (χ1n) is 9.23. The molecule has 4 rings (SSSR count). The molecule has 142 valence electrons. The fourth-order valence-electron chi connectivity index (χ4n) is 3.91. The zero-order chi connectivity index (χ0) is 18.1. The number of ether oxygens (including phenoxy) is 1. The van der Waals surface area contributed by atoms with E-state index < -0.39 is 24.5 Å². The lowest BCUT2D eigenvalue weighted by molar-refractivity contribution is -0.0511. The zero-order valence-electron chi connectivity index (χ0n) is 14.5. The van der Waals surface area contributed by atoms with E-state index in [1.807, 2.05) is 0 Å². The van der Waals surface area contributed by atoms with Gasteiger partial charge in [0.05, 0.1) is 12.9 Å². The van der Waals surface area contributed by atoms with Gasteiger partial charge < -0.3 is 25.4 Å². The first-order valence-corrected chi connectivity index (χ1v) is 9.23. The molecule has 0 aromatic carbocycles. The van der Waals surface area contributed by atoms with Gasteiger partial charge in [-0.2, -0.15) is 0 Å². The van der Waals surface area contributed by atoms with Crippen LogP contribution in [0.15, 0.2) is 12.7 Å². The van der Waals surface area contributed by atoms with Crippen molar-refractivity contribution in [1.29, 1.82) is 0 Å². The highest BCUT2D eigenvalue weighted by Gasteiger charge is 2.44. The molecule has 0 amide bonds. The summed E-state index contributed by atoms with van der Waals surface area (Å²) in [5.74, 6) is 1.31. The number of fused-ring (bicyclic) bond motifs is 1. The number of hydrogen-bond acceptors (Lipinski definition) is 8. The van der Waals surface area contributed by atoms with Crippen LogP contribution >= 0.6 is 0 Å². The van der Waals surface area contributed by atoms with Crippen molar-refractivity contribution in [3.05, 3.63) is 12.7 Å². The van der Waals surface area contributed by atoms with Crippen molar-refractivity contribution < 1.29 is 20.1 Å². The largest absolute Gasteiger partial charge is 0.394 e. The van der Waals surface area contributed by atoms with Crippen LogP contribution in [0.25, 0.3) is 11.2 Å². The van der Waals surface area contributed by atoms with Gasteiger partial charge in [0, 0.05) is 6.54 Å². The molecule has 0 bridgehead atoms. The molecule has 9 nitrogen and oxygen atoms in total. The number of aliphatic hydroxyl groups is 3. The Morgan fingerprint density at radius 1 is 1.12 bits per heavy atom. The number of imidazole rings is 1. The summed E-state index contributed by atoms with van der Waals surface area (Å²) in [5.41, 5.74) is 1.11. The molecule has 0 spiro atoms. The molecule has 26 heavy (non-hydrogen) atoms. The van der Waals surface area contributed by atoms with Crippen LogP contribution in [0, 0.1) is 5.92 Å². The molecule has 1 saturated heterocycles. The standard InChI is InChI=1S/C17H25N5O4/c23-7-11-13(24)14(25)17(26-11)22-9-21-12-15(19-8-20-16(12)22)18-6-10-4-2-1-3-5-10/h8-11,13-14,17,23-25H,1-7H2,(H,18,19,20)/t11-,13?,14?,17-/m1/s1. The number of hydrogen-bond donors (Lipinski definition) is 4. The van der Waals surface area contributed by atoms with Crippen molar-refractivity contribution >= 4 is 17.0 Å². The molecule has 0 radical (unpaired) electrons. The van der Waals surface area contributed by atoms with Crippen LogP contribution in [0.3, 0.4) is 0 Å². The first kappa shape index (κ1) is 17.6. The van der Waals surface area contributed by atoms with Gasteiger partial charge in [0.1, 0.15) is 24.6 Å². The monoisotopic (exact) mass is 363 g/mol. The minimum atomic E-state index is -1.17. The second kappa shape index (κ2) is 7.43. The van der Waals surface area contributed by atoms with E-state index in [2.05, 4.69) is 20.3 Å². The van der Waals surface area contributed by atoms with E-state index in [4.69, 9.17) is 4.74 Å². The minimum Gasteiger partial charge on any atom is -0.394 e. The molecule has 1 saturated carbocycles. The van der Waals surface area contributed by atoms with Crippen molar-refractivity contribution in [2.45, 2.75) is 56.6 Å². The molecule has 2 aromatic rings. The van der Waals surface area contributed by atoms with E-state index in [1.165, 1.54) is 44.8 Å². The molecule has 1 aliphatic heterocycles. The SMILES string of the molecule is OC[C@H]1O[C@@H](n2cnc3c(NCC4CCCCC4)ncnc32)C(O)C1O. The van der Waals surface area contributed by atoms with Crippen LogP contribution in [-0.2, 0) is 4.74 Å². The third-order valence-electron chi connectivity index (χ3n) is 5.43. The lowest BCUT2D eigenvalue weighted by atomic mass is 9.89. The van der Waals surface area contributed by atoms with Crippen LogP contribution in [0.5, 0.6) is 0 Å². The van der Waals surface area contributed by atoms with Crippen LogP contribution in [0.1, 0.15) is 38.3 Å². The highest BCUT2D eigenvalue weighted by molar-refractivity contribution is 5.82. The number of aromatic nitrogens is 4. The molecule has 4 N–H and O–H groups in total. The van der Waals surface area contributed by atoms with Gasteiger partial charge in [-0.1, -0.05) is 19.3 Å². The molecular formula is C17H25N5O4. The van der Waals surface area contributed by atoms with E-state index in [1.54, 1.807) is 4.57 Å². The molecule has 2 unspecified atom stereocenters. The maximum Gasteiger partial charge on any atom is 0.167 e. The average Bonchev–Trinajstić information content (AvgIpc) is 3.23. The Bertz CT molecular complexity index is 748. The highest BCUT2D eigenvalue weighted by Crippen LogP contribution is 2.32. The van der Waals surface area contributed by atoms with E-state index in [0.29, 0.717) is 22.9 Å². The fraction of sp³-hybridized carbons (Fsp3) is 0.706. The van der Waals surface area contributed by atoms with Crippen LogP contribution in [0.2, 0.25) is 0 Å². The maximum atomic E-state index is 10.2. The summed E-state index contributed by atoms with van der Waals surface area (Å²) in [5, 5.41) is 32.9. The fourth-order valence-corrected chi connectivity index (χ4v) is 3.91. The molecule has 4 atom stereocenters. The normalized spacial score (nSPS) is 30.1. The summed E-state index contributed by atoms with van der Waals surface area (Å²) in [6.07, 6.45) is 5.31.